The van der Waals surface area contributed by atoms with Crippen LogP contribution in [0.4, 0.5) is 0 Å². The Balaban J connectivity index is 1.55. The van der Waals surface area contributed by atoms with Crippen molar-refractivity contribution in [1.29, 1.82) is 0 Å². The number of likely N-dealkylation sites (tertiary alicyclic amines) is 1. The van der Waals surface area contributed by atoms with Crippen LogP contribution in [0.15, 0.2) is 29.2 Å². The number of hydrogen-bond donors (Lipinski definition) is 1. The van der Waals surface area contributed by atoms with E-state index in [-0.39, 0.29) is 5.91 Å². The van der Waals surface area contributed by atoms with E-state index in [1.807, 2.05) is 24.0 Å². The Labute approximate surface area is 163 Å². The van der Waals surface area contributed by atoms with Crippen LogP contribution in [0.5, 0.6) is 0 Å². The molecule has 150 valence electrons. The Morgan fingerprint density at radius 3 is 2.15 bits per heavy atom. The number of piperidine rings is 1. The van der Waals surface area contributed by atoms with Crippen LogP contribution in [-0.4, -0.2) is 69.3 Å². The molecule has 3 rings (SSSR count). The number of rotatable bonds is 4. The molecule has 0 spiro atoms. The highest BCUT2D eigenvalue weighted by Crippen LogP contribution is 2.18. The topological polar surface area (TPSA) is 62.1 Å². The SMILES string of the molecule is Cc1ccc(S(=O)(=O)N2CCN(C(=O)C[NH+]3C[C@H](C)C[C@H](C)C3)CC2)cc1. The summed E-state index contributed by atoms with van der Waals surface area (Å²) in [6.07, 6.45) is 1.24. The molecule has 1 amide bonds. The van der Waals surface area contributed by atoms with E-state index in [1.54, 1.807) is 12.1 Å². The first-order valence-corrected chi connectivity index (χ1v) is 11.4. The minimum atomic E-state index is -3.48. The van der Waals surface area contributed by atoms with Gasteiger partial charge in [0.15, 0.2) is 6.54 Å². The number of nitrogens with zero attached hydrogens (tertiary/aromatic N) is 2. The molecule has 3 atom stereocenters. The molecule has 2 fully saturated rings. The molecule has 1 aromatic carbocycles. The van der Waals surface area contributed by atoms with Gasteiger partial charge in [-0.15, -0.1) is 0 Å². The summed E-state index contributed by atoms with van der Waals surface area (Å²) in [6.45, 7) is 10.8. The monoisotopic (exact) mass is 394 g/mol. The first kappa shape index (κ1) is 20.3. The molecule has 0 bridgehead atoms. The van der Waals surface area contributed by atoms with Crippen LogP contribution < -0.4 is 4.90 Å². The van der Waals surface area contributed by atoms with Gasteiger partial charge >= 0.3 is 0 Å². The normalized spacial score (nSPS) is 27.5. The highest BCUT2D eigenvalue weighted by molar-refractivity contribution is 7.89. The average molecular weight is 395 g/mol. The van der Waals surface area contributed by atoms with Crippen molar-refractivity contribution in [2.24, 2.45) is 11.8 Å². The highest BCUT2D eigenvalue weighted by atomic mass is 32.2. The molecule has 0 radical (unpaired) electrons. The summed E-state index contributed by atoms with van der Waals surface area (Å²) in [7, 11) is -3.48. The number of aryl methyl sites for hydroxylation is 1. The molecular formula is C20H32N3O3S+. The largest absolute Gasteiger partial charge is 0.335 e. The second kappa shape index (κ2) is 8.29. The van der Waals surface area contributed by atoms with E-state index in [0.717, 1.165) is 18.7 Å². The third-order valence-corrected chi connectivity index (χ3v) is 7.64. The smallest absolute Gasteiger partial charge is 0.277 e. The maximum absolute atomic E-state index is 12.8. The van der Waals surface area contributed by atoms with E-state index in [0.29, 0.717) is 49.5 Å². The molecular weight excluding hydrogens is 362 g/mol. The van der Waals surface area contributed by atoms with Gasteiger partial charge in [0.25, 0.3) is 5.91 Å². The third kappa shape index (κ3) is 4.89. The second-order valence-corrected chi connectivity index (χ2v) is 10.3. The summed E-state index contributed by atoms with van der Waals surface area (Å²) < 4.78 is 27.1. The van der Waals surface area contributed by atoms with E-state index < -0.39 is 10.0 Å². The molecule has 6 nitrogen and oxygen atoms in total. The van der Waals surface area contributed by atoms with Crippen molar-refractivity contribution >= 4 is 15.9 Å². The van der Waals surface area contributed by atoms with Crippen molar-refractivity contribution in [2.75, 3.05) is 45.8 Å². The zero-order chi connectivity index (χ0) is 19.6. The quantitative estimate of drug-likeness (QED) is 0.804. The van der Waals surface area contributed by atoms with Gasteiger partial charge in [0.1, 0.15) is 0 Å². The number of carbonyl (C=O) groups is 1. The molecule has 1 N–H and O–H groups in total. The zero-order valence-corrected chi connectivity index (χ0v) is 17.5. The maximum Gasteiger partial charge on any atom is 0.277 e. The lowest BCUT2D eigenvalue weighted by molar-refractivity contribution is -0.904. The van der Waals surface area contributed by atoms with Gasteiger partial charge in [-0.05, 0) is 25.5 Å². The lowest BCUT2D eigenvalue weighted by Gasteiger charge is -2.36. The van der Waals surface area contributed by atoms with E-state index in [9.17, 15) is 13.2 Å². The Morgan fingerprint density at radius 2 is 1.59 bits per heavy atom. The van der Waals surface area contributed by atoms with Gasteiger partial charge in [-0.1, -0.05) is 31.5 Å². The van der Waals surface area contributed by atoms with Gasteiger partial charge < -0.3 is 9.80 Å². The number of carbonyl (C=O) groups excluding carboxylic acids is 1. The van der Waals surface area contributed by atoms with Crippen molar-refractivity contribution in [3.63, 3.8) is 0 Å². The fourth-order valence-corrected chi connectivity index (χ4v) is 5.85. The van der Waals surface area contributed by atoms with Crippen molar-refractivity contribution < 1.29 is 18.1 Å². The summed E-state index contributed by atoms with van der Waals surface area (Å²) in [4.78, 5) is 16.2. The molecule has 2 aliphatic heterocycles. The first-order valence-electron chi connectivity index (χ1n) is 9.94. The van der Waals surface area contributed by atoms with Crippen LogP contribution in [-0.2, 0) is 14.8 Å². The summed E-state index contributed by atoms with van der Waals surface area (Å²) in [6, 6.07) is 6.95. The van der Waals surface area contributed by atoms with Gasteiger partial charge in [0, 0.05) is 38.0 Å². The van der Waals surface area contributed by atoms with Gasteiger partial charge in [-0.25, -0.2) is 8.42 Å². The Bertz CT molecular complexity index is 745. The number of piperazine rings is 1. The van der Waals surface area contributed by atoms with Crippen LogP contribution in [0.25, 0.3) is 0 Å². The molecule has 0 aliphatic carbocycles. The molecule has 0 aromatic heterocycles. The van der Waals surface area contributed by atoms with Crippen LogP contribution in [0.2, 0.25) is 0 Å². The van der Waals surface area contributed by atoms with Gasteiger partial charge in [0.2, 0.25) is 10.0 Å². The summed E-state index contributed by atoms with van der Waals surface area (Å²) in [5.74, 6) is 1.47. The number of sulfonamides is 1. The predicted octanol–water partition coefficient (Wildman–Crippen LogP) is 0.389. The van der Waals surface area contributed by atoms with Gasteiger partial charge in [-0.3, -0.25) is 4.79 Å². The lowest BCUT2D eigenvalue weighted by atomic mass is 9.92. The molecule has 7 heteroatoms. The van der Waals surface area contributed by atoms with E-state index in [4.69, 9.17) is 0 Å². The second-order valence-electron chi connectivity index (χ2n) is 8.38. The van der Waals surface area contributed by atoms with Crippen molar-refractivity contribution in [3.8, 4) is 0 Å². The number of amides is 1. The van der Waals surface area contributed by atoms with E-state index >= 15 is 0 Å². The number of hydrogen-bond acceptors (Lipinski definition) is 3. The van der Waals surface area contributed by atoms with E-state index in [1.165, 1.54) is 15.6 Å². The summed E-state index contributed by atoms with van der Waals surface area (Å²) >= 11 is 0. The van der Waals surface area contributed by atoms with Crippen molar-refractivity contribution in [2.45, 2.75) is 32.1 Å². The molecule has 2 aliphatic rings. The molecule has 1 aromatic rings. The molecule has 1 unspecified atom stereocenters. The van der Waals surface area contributed by atoms with Crippen molar-refractivity contribution in [3.05, 3.63) is 29.8 Å². The number of nitrogens with one attached hydrogen (secondary N) is 1. The fraction of sp³-hybridized carbons (Fsp3) is 0.650. The molecule has 27 heavy (non-hydrogen) atoms. The average Bonchev–Trinajstić information content (AvgIpc) is 2.61. The number of benzene rings is 1. The van der Waals surface area contributed by atoms with E-state index in [2.05, 4.69) is 13.8 Å². The Morgan fingerprint density at radius 1 is 1.04 bits per heavy atom. The molecule has 0 saturated carbocycles. The van der Waals surface area contributed by atoms with Crippen molar-refractivity contribution in [1.82, 2.24) is 9.21 Å². The maximum atomic E-state index is 12.8. The van der Waals surface area contributed by atoms with Crippen LogP contribution in [0, 0.1) is 18.8 Å². The first-order chi connectivity index (χ1) is 12.8. The fourth-order valence-electron chi connectivity index (χ4n) is 4.43. The predicted molar refractivity (Wildman–Crippen MR) is 105 cm³/mol. The summed E-state index contributed by atoms with van der Waals surface area (Å²) in [5, 5.41) is 0. The Hall–Kier alpha value is -1.44. The number of quaternary nitrogens is 1. The van der Waals surface area contributed by atoms with Crippen LogP contribution in [0.1, 0.15) is 25.8 Å². The highest BCUT2D eigenvalue weighted by Gasteiger charge is 2.32. The zero-order valence-electron chi connectivity index (χ0n) is 16.6. The standard InChI is InChI=1S/C20H31N3O3S/c1-16-4-6-19(7-5-16)27(25,26)23-10-8-22(9-11-23)20(24)15-21-13-17(2)12-18(3)14-21/h4-7,17-18H,8-15H2,1-3H3/p+1/t17-,18+. The van der Waals surface area contributed by atoms with Crippen LogP contribution >= 0.6 is 0 Å². The Kier molecular flexibility index (Phi) is 6.23. The lowest BCUT2D eigenvalue weighted by Crippen LogP contribution is -3.15. The molecule has 2 saturated heterocycles. The molecule has 2 heterocycles. The minimum Gasteiger partial charge on any atom is -0.335 e. The van der Waals surface area contributed by atoms with Gasteiger partial charge in [-0.2, -0.15) is 4.31 Å². The summed E-state index contributed by atoms with van der Waals surface area (Å²) in [5.41, 5.74) is 1.04. The third-order valence-electron chi connectivity index (χ3n) is 5.73. The van der Waals surface area contributed by atoms with Crippen LogP contribution in [0.3, 0.4) is 0 Å². The minimum absolute atomic E-state index is 0.152. The van der Waals surface area contributed by atoms with Gasteiger partial charge in [0.05, 0.1) is 18.0 Å².